The Kier molecular flexibility index (Phi) is 4.68. The predicted molar refractivity (Wildman–Crippen MR) is 82.9 cm³/mol. The Bertz CT molecular complexity index is 654. The molecule has 0 aromatic heterocycles. The lowest BCUT2D eigenvalue weighted by Crippen LogP contribution is -2.32. The lowest BCUT2D eigenvalue weighted by atomic mass is 10.2. The molecule has 0 radical (unpaired) electrons. The number of aryl methyl sites for hydroxylation is 1. The first-order chi connectivity index (χ1) is 9.55. The van der Waals surface area contributed by atoms with Crippen LogP contribution in [0.15, 0.2) is 59.5 Å². The van der Waals surface area contributed by atoms with Crippen molar-refractivity contribution in [1.82, 2.24) is 0 Å². The highest BCUT2D eigenvalue weighted by Gasteiger charge is 2.24. The van der Waals surface area contributed by atoms with E-state index in [1.165, 1.54) is 4.31 Å². The molecule has 0 amide bonds. The quantitative estimate of drug-likeness (QED) is 0.794. The van der Waals surface area contributed by atoms with Crippen LogP contribution in [0.5, 0.6) is 0 Å². The van der Waals surface area contributed by atoms with Crippen molar-refractivity contribution in [1.29, 1.82) is 0 Å². The molecular formula is C15H16ClNO2S. The first-order valence-corrected chi connectivity index (χ1v) is 8.23. The molecule has 0 saturated heterocycles. The molecule has 0 aliphatic rings. The monoisotopic (exact) mass is 309 g/mol. The van der Waals surface area contributed by atoms with Crippen molar-refractivity contribution < 1.29 is 8.42 Å². The smallest absolute Gasteiger partial charge is 0.264 e. The summed E-state index contributed by atoms with van der Waals surface area (Å²) < 4.78 is 26.7. The molecule has 0 heterocycles. The Labute approximate surface area is 124 Å². The summed E-state index contributed by atoms with van der Waals surface area (Å²) >= 11 is 5.76. The highest BCUT2D eigenvalue weighted by molar-refractivity contribution is 7.92. The number of anilines is 1. The summed E-state index contributed by atoms with van der Waals surface area (Å²) in [6.45, 7) is 2.16. The number of halogens is 1. The van der Waals surface area contributed by atoms with Gasteiger partial charge in [-0.3, -0.25) is 4.31 Å². The first-order valence-electron chi connectivity index (χ1n) is 6.26. The van der Waals surface area contributed by atoms with Crippen molar-refractivity contribution in [2.45, 2.75) is 11.8 Å². The van der Waals surface area contributed by atoms with Crippen molar-refractivity contribution in [3.63, 3.8) is 0 Å². The highest BCUT2D eigenvalue weighted by atomic mass is 35.5. The van der Waals surface area contributed by atoms with Crippen LogP contribution < -0.4 is 4.31 Å². The third-order valence-electron chi connectivity index (χ3n) is 2.94. The van der Waals surface area contributed by atoms with Crippen LogP contribution in [-0.2, 0) is 10.0 Å². The summed E-state index contributed by atoms with van der Waals surface area (Å²) in [5, 5.41) is 0. The van der Waals surface area contributed by atoms with Gasteiger partial charge in [-0.1, -0.05) is 35.9 Å². The fourth-order valence-electron chi connectivity index (χ4n) is 1.90. The lowest BCUT2D eigenvalue weighted by molar-refractivity contribution is 0.592. The van der Waals surface area contributed by atoms with E-state index in [9.17, 15) is 8.42 Å². The zero-order valence-electron chi connectivity index (χ0n) is 11.2. The Morgan fingerprint density at radius 3 is 2.15 bits per heavy atom. The average molecular weight is 310 g/mol. The van der Waals surface area contributed by atoms with E-state index < -0.39 is 10.0 Å². The van der Waals surface area contributed by atoms with Gasteiger partial charge in [0, 0.05) is 12.4 Å². The zero-order chi connectivity index (χ0) is 14.6. The third-order valence-corrected chi connectivity index (χ3v) is 4.95. The summed E-state index contributed by atoms with van der Waals surface area (Å²) in [4.78, 5) is 0.275. The second-order valence-electron chi connectivity index (χ2n) is 4.41. The van der Waals surface area contributed by atoms with Crippen LogP contribution in [0, 0.1) is 6.92 Å². The second kappa shape index (κ2) is 6.29. The van der Waals surface area contributed by atoms with Gasteiger partial charge in [-0.05, 0) is 31.2 Å². The third kappa shape index (κ3) is 3.14. The van der Waals surface area contributed by atoms with Gasteiger partial charge in [0.2, 0.25) is 0 Å². The molecule has 20 heavy (non-hydrogen) atoms. The maximum Gasteiger partial charge on any atom is 0.264 e. The molecule has 2 aromatic rings. The van der Waals surface area contributed by atoms with Crippen LogP contribution in [-0.4, -0.2) is 20.8 Å². The van der Waals surface area contributed by atoms with Gasteiger partial charge in [0.05, 0.1) is 10.6 Å². The number of para-hydroxylation sites is 1. The van der Waals surface area contributed by atoms with Crippen LogP contribution in [0.4, 0.5) is 5.69 Å². The summed E-state index contributed by atoms with van der Waals surface area (Å²) in [7, 11) is -3.58. The molecule has 3 nitrogen and oxygen atoms in total. The van der Waals surface area contributed by atoms with E-state index in [1.807, 2.05) is 13.0 Å². The number of hydrogen-bond acceptors (Lipinski definition) is 2. The van der Waals surface area contributed by atoms with Gasteiger partial charge < -0.3 is 0 Å². The van der Waals surface area contributed by atoms with Crippen LogP contribution in [0.1, 0.15) is 5.56 Å². The maximum atomic E-state index is 12.7. The van der Waals surface area contributed by atoms with Gasteiger partial charge in [-0.15, -0.1) is 11.6 Å². The Morgan fingerprint density at radius 2 is 1.60 bits per heavy atom. The van der Waals surface area contributed by atoms with Crippen molar-refractivity contribution >= 4 is 27.3 Å². The zero-order valence-corrected chi connectivity index (χ0v) is 12.7. The van der Waals surface area contributed by atoms with Crippen molar-refractivity contribution in [3.8, 4) is 0 Å². The summed E-state index contributed by atoms with van der Waals surface area (Å²) in [5.41, 5.74) is 1.64. The minimum Gasteiger partial charge on any atom is -0.265 e. The van der Waals surface area contributed by atoms with Gasteiger partial charge in [0.1, 0.15) is 0 Å². The van der Waals surface area contributed by atoms with Crippen molar-refractivity contribution in [2.75, 3.05) is 16.7 Å². The van der Waals surface area contributed by atoms with Crippen LogP contribution in [0.2, 0.25) is 0 Å². The second-order valence-corrected chi connectivity index (χ2v) is 6.66. The van der Waals surface area contributed by atoms with Gasteiger partial charge in [0.25, 0.3) is 10.0 Å². The maximum absolute atomic E-state index is 12.7. The van der Waals surface area contributed by atoms with E-state index in [4.69, 9.17) is 11.6 Å². The summed E-state index contributed by atoms with van der Waals surface area (Å²) in [6, 6.07) is 15.8. The minimum absolute atomic E-state index is 0.236. The van der Waals surface area contributed by atoms with Gasteiger partial charge >= 0.3 is 0 Å². The SMILES string of the molecule is Cc1ccc(S(=O)(=O)N(CCCl)c2ccccc2)cc1. The van der Waals surface area contributed by atoms with E-state index in [0.29, 0.717) is 5.69 Å². The molecular weight excluding hydrogens is 294 g/mol. The van der Waals surface area contributed by atoms with Gasteiger partial charge in [0.15, 0.2) is 0 Å². The number of alkyl halides is 1. The number of hydrogen-bond donors (Lipinski definition) is 0. The summed E-state index contributed by atoms with van der Waals surface area (Å²) in [6.07, 6.45) is 0. The van der Waals surface area contributed by atoms with E-state index in [2.05, 4.69) is 0 Å². The molecule has 0 atom stereocenters. The molecule has 0 unspecified atom stereocenters. The fraction of sp³-hybridized carbons (Fsp3) is 0.200. The lowest BCUT2D eigenvalue weighted by Gasteiger charge is -2.23. The molecule has 2 rings (SSSR count). The standard InChI is InChI=1S/C15H16ClNO2S/c1-13-7-9-15(10-8-13)20(18,19)17(12-11-16)14-5-3-2-4-6-14/h2-10H,11-12H2,1H3. The number of rotatable bonds is 5. The van der Waals surface area contributed by atoms with Crippen molar-refractivity contribution in [2.24, 2.45) is 0 Å². The molecule has 0 N–H and O–H groups in total. The molecule has 0 spiro atoms. The topological polar surface area (TPSA) is 37.4 Å². The fourth-order valence-corrected chi connectivity index (χ4v) is 3.63. The Morgan fingerprint density at radius 1 is 1.00 bits per heavy atom. The largest absolute Gasteiger partial charge is 0.265 e. The highest BCUT2D eigenvalue weighted by Crippen LogP contribution is 2.23. The van der Waals surface area contributed by atoms with Crippen LogP contribution in [0.3, 0.4) is 0 Å². The predicted octanol–water partition coefficient (Wildman–Crippen LogP) is 3.43. The van der Waals surface area contributed by atoms with E-state index in [0.717, 1.165) is 5.56 Å². The van der Waals surface area contributed by atoms with Gasteiger partial charge in [-0.25, -0.2) is 8.42 Å². The molecule has 0 aliphatic heterocycles. The molecule has 0 fully saturated rings. The van der Waals surface area contributed by atoms with Crippen LogP contribution in [0.25, 0.3) is 0 Å². The molecule has 2 aromatic carbocycles. The molecule has 0 bridgehead atoms. The Balaban J connectivity index is 2.45. The molecule has 0 aliphatic carbocycles. The molecule has 0 saturated carbocycles. The van der Waals surface area contributed by atoms with Gasteiger partial charge in [-0.2, -0.15) is 0 Å². The van der Waals surface area contributed by atoms with E-state index in [1.54, 1.807) is 48.5 Å². The first kappa shape index (κ1) is 14.9. The number of nitrogens with zero attached hydrogens (tertiary/aromatic N) is 1. The number of sulfonamides is 1. The normalized spacial score (nSPS) is 11.3. The minimum atomic E-state index is -3.58. The molecule has 106 valence electrons. The van der Waals surface area contributed by atoms with E-state index in [-0.39, 0.29) is 17.3 Å². The molecule has 5 heteroatoms. The van der Waals surface area contributed by atoms with E-state index >= 15 is 0 Å². The summed E-state index contributed by atoms with van der Waals surface area (Å²) in [5.74, 6) is 0.236. The number of benzene rings is 2. The van der Waals surface area contributed by atoms with Crippen molar-refractivity contribution in [3.05, 3.63) is 60.2 Å². The average Bonchev–Trinajstić information content (AvgIpc) is 2.46. The van der Waals surface area contributed by atoms with Crippen LogP contribution >= 0.6 is 11.6 Å². The Hall–Kier alpha value is -1.52.